The van der Waals surface area contributed by atoms with Crippen molar-refractivity contribution < 1.29 is 33.4 Å². The molecule has 4 aliphatic rings. The van der Waals surface area contributed by atoms with Gasteiger partial charge in [0.1, 0.15) is 29.6 Å². The molecule has 4 amide bonds. The quantitative estimate of drug-likeness (QED) is 0.102. The number of carbonyl (C=O) groups excluding carboxylic acids is 4. The average Bonchev–Trinajstić information content (AvgIpc) is 4.20. The minimum atomic E-state index is -0.715. The minimum absolute atomic E-state index is 0.0107. The van der Waals surface area contributed by atoms with Crippen molar-refractivity contribution in [3.05, 3.63) is 77.5 Å². The van der Waals surface area contributed by atoms with Crippen LogP contribution in [0, 0.1) is 11.8 Å². The van der Waals surface area contributed by atoms with Gasteiger partial charge >= 0.3 is 12.2 Å². The van der Waals surface area contributed by atoms with Crippen molar-refractivity contribution in [3.63, 3.8) is 0 Å². The SMILES string of the molecule is COC(=O)N[C@H](C(=O)N1CCC[C@H]1c1nc2ccc([C@H]3CC[C@H](c4ccc5nc([C@@H]6CCCN6C(=O)[C@@H](NC(=O)OC)C(C)C)[nH]c5c4)N3c3ccc(N4CCOCC4)nc3)cc2[nH]1)C(C)C. The minimum Gasteiger partial charge on any atom is -0.453 e. The van der Waals surface area contributed by atoms with E-state index in [-0.39, 0.29) is 47.8 Å². The fourth-order valence-electron chi connectivity index (χ4n) is 10.5. The molecule has 0 radical (unpaired) electrons. The molecule has 4 N–H and O–H groups in total. The Kier molecular flexibility index (Phi) is 13.3. The summed E-state index contributed by atoms with van der Waals surface area (Å²) in [6.07, 6.45) is 5.70. The molecule has 18 heteroatoms. The van der Waals surface area contributed by atoms with E-state index in [1.807, 2.05) is 43.7 Å². The van der Waals surface area contributed by atoms with Crippen LogP contribution < -0.4 is 20.4 Å². The van der Waals surface area contributed by atoms with Crippen LogP contribution in [0.1, 0.15) is 113 Å². The van der Waals surface area contributed by atoms with E-state index in [0.29, 0.717) is 26.3 Å². The Labute approximate surface area is 390 Å². The number of methoxy groups -OCH3 is 2. The molecule has 3 aromatic heterocycles. The summed E-state index contributed by atoms with van der Waals surface area (Å²) in [6, 6.07) is 15.2. The number of anilines is 2. The van der Waals surface area contributed by atoms with Crippen LogP contribution in [0.2, 0.25) is 0 Å². The second-order valence-corrected chi connectivity index (χ2v) is 18.9. The van der Waals surface area contributed by atoms with Crippen molar-refractivity contribution in [1.29, 1.82) is 0 Å². The smallest absolute Gasteiger partial charge is 0.407 e. The van der Waals surface area contributed by atoms with Crippen molar-refractivity contribution >= 4 is 57.6 Å². The topological polar surface area (TPSA) is 203 Å². The number of hydrogen-bond donors (Lipinski definition) is 4. The fraction of sp³-hybridized carbons (Fsp3) is 0.531. The summed E-state index contributed by atoms with van der Waals surface area (Å²) in [5.41, 5.74) is 6.74. The fourth-order valence-corrected chi connectivity index (χ4v) is 10.5. The second-order valence-electron chi connectivity index (χ2n) is 18.9. The lowest BCUT2D eigenvalue weighted by Gasteiger charge is -2.34. The number of aromatic nitrogens is 5. The molecule has 7 heterocycles. The van der Waals surface area contributed by atoms with Gasteiger partial charge in [-0.25, -0.2) is 24.5 Å². The van der Waals surface area contributed by atoms with Gasteiger partial charge in [-0.2, -0.15) is 0 Å². The van der Waals surface area contributed by atoms with Crippen LogP contribution in [0.25, 0.3) is 22.1 Å². The Balaban J connectivity index is 1.01. The van der Waals surface area contributed by atoms with E-state index in [1.54, 1.807) is 0 Å². The van der Waals surface area contributed by atoms with E-state index >= 15 is 0 Å². The molecule has 4 saturated heterocycles. The van der Waals surface area contributed by atoms with Crippen molar-refractivity contribution in [1.82, 2.24) is 45.4 Å². The number of amides is 4. The number of likely N-dealkylation sites (tertiary alicyclic amines) is 2. The molecule has 0 spiro atoms. The third-order valence-electron chi connectivity index (χ3n) is 14.1. The zero-order chi connectivity index (χ0) is 46.9. The van der Waals surface area contributed by atoms with Gasteiger partial charge in [-0.05, 0) is 97.9 Å². The Morgan fingerprint density at radius 3 is 1.58 bits per heavy atom. The molecule has 0 unspecified atom stereocenters. The number of alkyl carbamates (subject to hydrolysis) is 2. The number of hydrogen-bond acceptors (Lipinski definition) is 12. The standard InChI is InChI=1S/C49H63N11O7/c1-28(2)42(55-48(63)65-5)46(61)58-19-7-9-39(58)44-51-33-14-11-30(25-35(33)53-44)37-16-17-38(60(37)32-13-18-41(50-27-32)57-21-23-67-24-22-57)31-12-15-34-36(26-31)54-45(52-34)40-10-8-20-59(40)47(62)43(29(3)4)56-49(64)66-6/h11-15,18,25-29,37-40,42-43H,7-10,16-17,19-24H2,1-6H3,(H,51,53)(H,52,54)(H,55,63)(H,56,64)/t37-,38-,39+,40+,42+,43+/m1/s1. The van der Waals surface area contributed by atoms with Crippen LogP contribution in [0.3, 0.4) is 0 Å². The first-order valence-corrected chi connectivity index (χ1v) is 23.8. The number of imidazole rings is 2. The normalized spacial score (nSPS) is 22.0. The van der Waals surface area contributed by atoms with Gasteiger partial charge in [0.25, 0.3) is 0 Å². The van der Waals surface area contributed by atoms with E-state index < -0.39 is 24.3 Å². The third-order valence-corrected chi connectivity index (χ3v) is 14.1. The first-order chi connectivity index (χ1) is 32.4. The van der Waals surface area contributed by atoms with Crippen molar-refractivity contribution in [2.75, 3.05) is 63.4 Å². The highest BCUT2D eigenvalue weighted by molar-refractivity contribution is 5.87. The average molecular weight is 918 g/mol. The zero-order valence-electron chi connectivity index (χ0n) is 39.3. The molecular weight excluding hydrogens is 855 g/mol. The molecule has 67 heavy (non-hydrogen) atoms. The number of rotatable bonds is 12. The number of aromatic amines is 2. The van der Waals surface area contributed by atoms with Crippen LogP contribution in [0.4, 0.5) is 21.1 Å². The van der Waals surface area contributed by atoms with E-state index in [1.165, 1.54) is 14.2 Å². The second kappa shape index (κ2) is 19.4. The monoisotopic (exact) mass is 917 g/mol. The highest BCUT2D eigenvalue weighted by Gasteiger charge is 2.41. The van der Waals surface area contributed by atoms with Gasteiger partial charge in [0.15, 0.2) is 0 Å². The number of benzene rings is 2. The summed E-state index contributed by atoms with van der Waals surface area (Å²) in [7, 11) is 2.60. The van der Waals surface area contributed by atoms with Gasteiger partial charge in [0.05, 0.1) is 85.6 Å². The summed E-state index contributed by atoms with van der Waals surface area (Å²) in [6.45, 7) is 11.8. The molecule has 4 fully saturated rings. The Morgan fingerprint density at radius 2 is 1.15 bits per heavy atom. The molecule has 0 aliphatic carbocycles. The number of nitrogens with one attached hydrogen (secondary N) is 4. The van der Waals surface area contributed by atoms with Gasteiger partial charge in [-0.1, -0.05) is 39.8 Å². The molecule has 18 nitrogen and oxygen atoms in total. The third kappa shape index (κ3) is 9.19. The Bertz CT molecular complexity index is 2440. The molecule has 2 aromatic carbocycles. The lowest BCUT2D eigenvalue weighted by Crippen LogP contribution is -2.51. The molecule has 4 aliphatic heterocycles. The highest BCUT2D eigenvalue weighted by Crippen LogP contribution is 2.48. The molecule has 356 valence electrons. The highest BCUT2D eigenvalue weighted by atomic mass is 16.5. The molecule has 5 aromatic rings. The van der Waals surface area contributed by atoms with E-state index in [2.05, 4.69) is 78.9 Å². The van der Waals surface area contributed by atoms with Crippen LogP contribution in [-0.4, -0.2) is 124 Å². The summed E-state index contributed by atoms with van der Waals surface area (Å²) in [5.74, 6) is 1.85. The number of H-pyrrole nitrogens is 2. The largest absolute Gasteiger partial charge is 0.453 e. The zero-order valence-corrected chi connectivity index (χ0v) is 39.3. The maximum absolute atomic E-state index is 13.9. The molecular formula is C49H63N11O7. The number of morpholine rings is 1. The molecule has 0 saturated carbocycles. The Hall–Kier alpha value is -6.43. The maximum atomic E-state index is 13.9. The molecule has 0 bridgehead atoms. The number of carbonyl (C=O) groups is 4. The van der Waals surface area contributed by atoms with Crippen LogP contribution in [0.15, 0.2) is 54.7 Å². The van der Waals surface area contributed by atoms with Crippen molar-refractivity contribution in [2.45, 2.75) is 102 Å². The first-order valence-electron chi connectivity index (χ1n) is 23.8. The van der Waals surface area contributed by atoms with E-state index in [0.717, 1.165) is 108 Å². The Morgan fingerprint density at radius 1 is 0.657 bits per heavy atom. The van der Waals surface area contributed by atoms with Crippen LogP contribution >= 0.6 is 0 Å². The van der Waals surface area contributed by atoms with E-state index in [4.69, 9.17) is 29.2 Å². The lowest BCUT2D eigenvalue weighted by atomic mass is 10.0. The number of ether oxygens (including phenoxy) is 3. The van der Waals surface area contributed by atoms with Crippen molar-refractivity contribution in [3.8, 4) is 0 Å². The number of fused-ring (bicyclic) bond motifs is 2. The predicted molar refractivity (Wildman–Crippen MR) is 252 cm³/mol. The van der Waals surface area contributed by atoms with Gasteiger partial charge in [0, 0.05) is 26.2 Å². The van der Waals surface area contributed by atoms with Gasteiger partial charge in [-0.3, -0.25) is 9.59 Å². The van der Waals surface area contributed by atoms with Gasteiger partial charge in [-0.15, -0.1) is 0 Å². The maximum Gasteiger partial charge on any atom is 0.407 e. The van der Waals surface area contributed by atoms with Crippen molar-refractivity contribution in [2.24, 2.45) is 11.8 Å². The van der Waals surface area contributed by atoms with Gasteiger partial charge < -0.3 is 54.4 Å². The molecule has 6 atom stereocenters. The number of nitrogens with zero attached hydrogens (tertiary/aromatic N) is 7. The van der Waals surface area contributed by atoms with Crippen LogP contribution in [0.5, 0.6) is 0 Å². The van der Waals surface area contributed by atoms with E-state index in [9.17, 15) is 19.2 Å². The summed E-state index contributed by atoms with van der Waals surface area (Å²) in [4.78, 5) is 82.8. The number of pyridine rings is 1. The lowest BCUT2D eigenvalue weighted by molar-refractivity contribution is -0.136. The summed E-state index contributed by atoms with van der Waals surface area (Å²) < 4.78 is 15.3. The predicted octanol–water partition coefficient (Wildman–Crippen LogP) is 6.84. The summed E-state index contributed by atoms with van der Waals surface area (Å²) >= 11 is 0. The summed E-state index contributed by atoms with van der Waals surface area (Å²) in [5, 5.41) is 5.48. The van der Waals surface area contributed by atoms with Crippen LogP contribution in [-0.2, 0) is 23.8 Å². The first kappa shape index (κ1) is 45.7. The van der Waals surface area contributed by atoms with Gasteiger partial charge in [0.2, 0.25) is 11.8 Å². The molecule has 9 rings (SSSR count).